The molecular weight excluding hydrogens is 392 g/mol. The van der Waals surface area contributed by atoms with Gasteiger partial charge in [-0.25, -0.2) is 4.98 Å². The van der Waals surface area contributed by atoms with E-state index < -0.39 is 0 Å². The van der Waals surface area contributed by atoms with E-state index in [-0.39, 0.29) is 11.6 Å². The first-order valence-corrected chi connectivity index (χ1v) is 10.5. The third-order valence-electron chi connectivity index (χ3n) is 5.26. The average molecular weight is 421 g/mol. The van der Waals surface area contributed by atoms with Crippen LogP contribution in [0.15, 0.2) is 21.4 Å². The fraction of sp³-hybridized carbons (Fsp3) is 0.600. The number of halogens is 1. The van der Waals surface area contributed by atoms with Gasteiger partial charge in [0, 0.05) is 30.7 Å². The highest BCUT2D eigenvalue weighted by Gasteiger charge is 2.26. The number of benzene rings is 1. The molecule has 1 aliphatic rings. The molecule has 0 spiro atoms. The minimum atomic E-state index is 0.0715. The number of nitrogens with zero attached hydrogens (tertiary/aromatic N) is 3. The smallest absolute Gasteiger partial charge is 0.261 e. The number of rotatable bonds is 5. The van der Waals surface area contributed by atoms with Crippen molar-refractivity contribution in [3.05, 3.63) is 38.3 Å². The fourth-order valence-electron chi connectivity index (χ4n) is 3.85. The summed E-state index contributed by atoms with van der Waals surface area (Å²) in [6.07, 6.45) is 3.23. The maximum Gasteiger partial charge on any atom is 0.261 e. The maximum absolute atomic E-state index is 13.2. The summed E-state index contributed by atoms with van der Waals surface area (Å²) in [6, 6.07) is 4.14. The molecular formula is C20H29BrN4O. The van der Waals surface area contributed by atoms with E-state index in [0.717, 1.165) is 66.8 Å². The predicted octanol–water partition coefficient (Wildman–Crippen LogP) is 3.62. The van der Waals surface area contributed by atoms with Gasteiger partial charge in [-0.2, -0.15) is 0 Å². The highest BCUT2D eigenvalue weighted by molar-refractivity contribution is 9.10. The zero-order chi connectivity index (χ0) is 18.7. The molecule has 1 fully saturated rings. The zero-order valence-corrected chi connectivity index (χ0v) is 17.6. The molecule has 0 radical (unpaired) electrons. The Kier molecular flexibility index (Phi) is 6.48. The number of nitrogens with one attached hydrogen (secondary N) is 1. The standard InChI is InChI=1S/C20H29BrN4O/c1-4-7-18(24-10-6-8-22-9-11-24)19-23-17-12-14(3)16(21)13-15(17)20(26)25(19)5-2/h12-13,18,22H,4-11H2,1-3H3. The lowest BCUT2D eigenvalue weighted by molar-refractivity contribution is 0.185. The van der Waals surface area contributed by atoms with E-state index in [1.165, 1.54) is 0 Å². The monoisotopic (exact) mass is 420 g/mol. The largest absolute Gasteiger partial charge is 0.315 e. The number of hydrogen-bond donors (Lipinski definition) is 1. The summed E-state index contributed by atoms with van der Waals surface area (Å²) in [4.78, 5) is 20.7. The minimum absolute atomic E-state index is 0.0715. The summed E-state index contributed by atoms with van der Waals surface area (Å²) in [5, 5.41) is 4.17. The van der Waals surface area contributed by atoms with Crippen molar-refractivity contribution in [2.75, 3.05) is 26.2 Å². The van der Waals surface area contributed by atoms with Crippen LogP contribution in [0.3, 0.4) is 0 Å². The molecule has 1 unspecified atom stereocenters. The molecule has 1 N–H and O–H groups in total. The molecule has 3 rings (SSSR count). The summed E-state index contributed by atoms with van der Waals surface area (Å²) in [6.45, 7) is 11.0. The van der Waals surface area contributed by atoms with Crippen LogP contribution >= 0.6 is 15.9 Å². The second kappa shape index (κ2) is 8.63. The summed E-state index contributed by atoms with van der Waals surface area (Å²) in [5.41, 5.74) is 1.99. The van der Waals surface area contributed by atoms with E-state index in [4.69, 9.17) is 4.98 Å². The van der Waals surface area contributed by atoms with Crippen molar-refractivity contribution >= 4 is 26.8 Å². The predicted molar refractivity (Wildman–Crippen MR) is 111 cm³/mol. The Hall–Kier alpha value is -1.24. The molecule has 2 aromatic rings. The van der Waals surface area contributed by atoms with Crippen LogP contribution in [0.5, 0.6) is 0 Å². The van der Waals surface area contributed by atoms with Gasteiger partial charge >= 0.3 is 0 Å². The van der Waals surface area contributed by atoms with Gasteiger partial charge in [0.1, 0.15) is 5.82 Å². The summed E-state index contributed by atoms with van der Waals surface area (Å²) >= 11 is 3.55. The van der Waals surface area contributed by atoms with Gasteiger partial charge in [-0.15, -0.1) is 0 Å². The number of hydrogen-bond acceptors (Lipinski definition) is 4. The van der Waals surface area contributed by atoms with Crippen molar-refractivity contribution < 1.29 is 0 Å². The second-order valence-corrected chi connectivity index (χ2v) is 7.94. The Morgan fingerprint density at radius 2 is 2.08 bits per heavy atom. The quantitative estimate of drug-likeness (QED) is 0.801. The van der Waals surface area contributed by atoms with Gasteiger partial charge in [0.15, 0.2) is 0 Å². The molecule has 1 aromatic carbocycles. The molecule has 1 atom stereocenters. The van der Waals surface area contributed by atoms with Gasteiger partial charge in [-0.1, -0.05) is 29.3 Å². The van der Waals surface area contributed by atoms with Crippen LogP contribution in [0, 0.1) is 6.92 Å². The molecule has 142 valence electrons. The van der Waals surface area contributed by atoms with Gasteiger partial charge in [0.2, 0.25) is 0 Å². The fourth-order valence-corrected chi connectivity index (χ4v) is 4.19. The van der Waals surface area contributed by atoms with Crippen molar-refractivity contribution in [3.8, 4) is 0 Å². The summed E-state index contributed by atoms with van der Waals surface area (Å²) in [5.74, 6) is 0.926. The van der Waals surface area contributed by atoms with Crippen LogP contribution in [0.25, 0.3) is 10.9 Å². The van der Waals surface area contributed by atoms with Crippen LogP contribution in [0.2, 0.25) is 0 Å². The lowest BCUT2D eigenvalue weighted by atomic mass is 10.1. The zero-order valence-electron chi connectivity index (χ0n) is 16.0. The molecule has 0 aliphatic carbocycles. The molecule has 0 saturated carbocycles. The van der Waals surface area contributed by atoms with Crippen LogP contribution < -0.4 is 10.9 Å². The molecule has 0 bridgehead atoms. The molecule has 26 heavy (non-hydrogen) atoms. The Labute approximate surface area is 163 Å². The van der Waals surface area contributed by atoms with Crippen molar-refractivity contribution in [3.63, 3.8) is 0 Å². The van der Waals surface area contributed by atoms with E-state index in [1.54, 1.807) is 0 Å². The number of fused-ring (bicyclic) bond motifs is 1. The molecule has 0 amide bonds. The second-order valence-electron chi connectivity index (χ2n) is 7.08. The Morgan fingerprint density at radius 1 is 1.27 bits per heavy atom. The third kappa shape index (κ3) is 3.87. The lowest BCUT2D eigenvalue weighted by Crippen LogP contribution is -2.37. The van der Waals surface area contributed by atoms with Crippen LogP contribution in [0.4, 0.5) is 0 Å². The molecule has 1 aromatic heterocycles. The first kappa shape index (κ1) is 19.5. The molecule has 2 heterocycles. The van der Waals surface area contributed by atoms with Gasteiger partial charge in [0.05, 0.1) is 16.9 Å². The molecule has 1 aliphatic heterocycles. The summed E-state index contributed by atoms with van der Waals surface area (Å²) in [7, 11) is 0. The SMILES string of the molecule is CCCC(c1nc2cc(C)c(Br)cc2c(=O)n1CC)N1CCCNCC1. The maximum atomic E-state index is 13.2. The Balaban J connectivity index is 2.16. The number of aromatic nitrogens is 2. The third-order valence-corrected chi connectivity index (χ3v) is 6.11. The normalized spacial score (nSPS) is 17.4. The van der Waals surface area contributed by atoms with Crippen LogP contribution in [-0.4, -0.2) is 40.6 Å². The number of aryl methyl sites for hydroxylation is 1. The molecule has 1 saturated heterocycles. The first-order valence-electron chi connectivity index (χ1n) is 9.72. The van der Waals surface area contributed by atoms with E-state index in [0.29, 0.717) is 11.9 Å². The Morgan fingerprint density at radius 3 is 2.81 bits per heavy atom. The van der Waals surface area contributed by atoms with Gasteiger partial charge in [-0.3, -0.25) is 14.3 Å². The average Bonchev–Trinajstić information content (AvgIpc) is 2.91. The first-order chi connectivity index (χ1) is 12.6. The van der Waals surface area contributed by atoms with E-state index in [9.17, 15) is 4.79 Å². The lowest BCUT2D eigenvalue weighted by Gasteiger charge is -2.31. The minimum Gasteiger partial charge on any atom is -0.315 e. The van der Waals surface area contributed by atoms with Crippen LogP contribution in [0.1, 0.15) is 50.5 Å². The van der Waals surface area contributed by atoms with Crippen molar-refractivity contribution in [1.29, 1.82) is 0 Å². The highest BCUT2D eigenvalue weighted by Crippen LogP contribution is 2.27. The van der Waals surface area contributed by atoms with E-state index in [2.05, 4.69) is 33.1 Å². The van der Waals surface area contributed by atoms with Gasteiger partial charge in [0.25, 0.3) is 5.56 Å². The Bertz CT molecular complexity index is 825. The van der Waals surface area contributed by atoms with Crippen molar-refractivity contribution in [2.45, 2.75) is 52.6 Å². The van der Waals surface area contributed by atoms with Crippen LogP contribution in [-0.2, 0) is 6.54 Å². The van der Waals surface area contributed by atoms with E-state index >= 15 is 0 Å². The molecule has 6 heteroatoms. The molecule has 5 nitrogen and oxygen atoms in total. The van der Waals surface area contributed by atoms with Gasteiger partial charge < -0.3 is 5.32 Å². The van der Waals surface area contributed by atoms with Crippen molar-refractivity contribution in [2.24, 2.45) is 0 Å². The van der Waals surface area contributed by atoms with Crippen molar-refractivity contribution in [1.82, 2.24) is 19.8 Å². The summed E-state index contributed by atoms with van der Waals surface area (Å²) < 4.78 is 2.84. The van der Waals surface area contributed by atoms with E-state index in [1.807, 2.05) is 30.5 Å². The van der Waals surface area contributed by atoms with Gasteiger partial charge in [-0.05, 0) is 50.9 Å². The topological polar surface area (TPSA) is 50.2 Å². The highest BCUT2D eigenvalue weighted by atomic mass is 79.9.